The minimum atomic E-state index is 0.0737. The molecule has 1 aromatic rings. The van der Waals surface area contributed by atoms with Gasteiger partial charge in [-0.05, 0) is 45.7 Å². The van der Waals surface area contributed by atoms with Crippen molar-refractivity contribution in [3.63, 3.8) is 0 Å². The molecule has 1 heterocycles. The molecule has 0 amide bonds. The number of carbonyl (C=O) groups is 1. The first-order valence-corrected chi connectivity index (χ1v) is 8.27. The van der Waals surface area contributed by atoms with Crippen LogP contribution in [0.15, 0.2) is 24.3 Å². The lowest BCUT2D eigenvalue weighted by molar-refractivity contribution is -0.915. The van der Waals surface area contributed by atoms with E-state index in [1.54, 1.807) is 11.8 Å². The number of ether oxygens (including phenoxy) is 2. The third-order valence-electron chi connectivity index (χ3n) is 4.05. The molecule has 1 aliphatic heterocycles. The van der Waals surface area contributed by atoms with Crippen LogP contribution in [0.4, 0.5) is 0 Å². The molecule has 1 N–H and O–H groups in total. The van der Waals surface area contributed by atoms with Crippen molar-refractivity contribution in [2.75, 3.05) is 26.2 Å². The van der Waals surface area contributed by atoms with Gasteiger partial charge in [-0.25, -0.2) is 0 Å². The van der Waals surface area contributed by atoms with Crippen LogP contribution < -0.4 is 9.64 Å². The Morgan fingerprint density at radius 2 is 2.00 bits per heavy atom. The number of carbonyl (C=O) groups excluding carboxylic acids is 1. The van der Waals surface area contributed by atoms with E-state index in [1.807, 2.05) is 24.3 Å². The predicted octanol–water partition coefficient (Wildman–Crippen LogP) is 1.74. The molecule has 0 saturated carbocycles. The van der Waals surface area contributed by atoms with Gasteiger partial charge in [0.1, 0.15) is 31.0 Å². The van der Waals surface area contributed by atoms with E-state index in [1.165, 1.54) is 6.54 Å². The van der Waals surface area contributed by atoms with E-state index < -0.39 is 0 Å². The molecule has 2 atom stereocenters. The lowest BCUT2D eigenvalue weighted by atomic mass is 10.1. The van der Waals surface area contributed by atoms with Gasteiger partial charge >= 0.3 is 0 Å². The summed E-state index contributed by atoms with van der Waals surface area (Å²) in [4.78, 5) is 13.0. The van der Waals surface area contributed by atoms with Crippen LogP contribution in [0.3, 0.4) is 0 Å². The monoisotopic (exact) mass is 306 g/mol. The second kappa shape index (κ2) is 8.30. The molecule has 0 aliphatic carbocycles. The molecule has 1 saturated heterocycles. The Balaban J connectivity index is 1.65. The number of rotatable bonds is 7. The molecule has 0 radical (unpaired) electrons. The van der Waals surface area contributed by atoms with Crippen LogP contribution in [0.5, 0.6) is 5.75 Å². The van der Waals surface area contributed by atoms with Gasteiger partial charge in [-0.1, -0.05) is 12.1 Å². The molecule has 22 heavy (non-hydrogen) atoms. The number of hydrogen-bond acceptors (Lipinski definition) is 3. The second-order valence-electron chi connectivity index (χ2n) is 6.31. The molecule has 2 rings (SSSR count). The van der Waals surface area contributed by atoms with Crippen molar-refractivity contribution in [3.8, 4) is 5.75 Å². The Hall–Kier alpha value is -1.39. The van der Waals surface area contributed by atoms with Gasteiger partial charge < -0.3 is 14.4 Å². The molecule has 4 nitrogen and oxygen atoms in total. The first-order valence-electron chi connectivity index (χ1n) is 8.27. The summed E-state index contributed by atoms with van der Waals surface area (Å²) in [6.07, 6.45) is 2.92. The average Bonchev–Trinajstić information content (AvgIpc) is 2.46. The molecule has 122 valence electrons. The number of hydrogen-bond donors (Lipinski definition) is 1. The van der Waals surface area contributed by atoms with E-state index in [0.29, 0.717) is 24.4 Å². The maximum absolute atomic E-state index is 11.3. The van der Waals surface area contributed by atoms with Gasteiger partial charge in [0, 0.05) is 5.56 Å². The van der Waals surface area contributed by atoms with Crippen molar-refractivity contribution in [1.29, 1.82) is 0 Å². The van der Waals surface area contributed by atoms with Crippen molar-refractivity contribution in [2.24, 2.45) is 0 Å². The lowest BCUT2D eigenvalue weighted by Crippen LogP contribution is -3.15. The summed E-state index contributed by atoms with van der Waals surface area (Å²) in [6.45, 7) is 9.97. The van der Waals surface area contributed by atoms with E-state index in [9.17, 15) is 4.79 Å². The summed E-state index contributed by atoms with van der Waals surface area (Å²) in [5.74, 6) is 0.860. The zero-order valence-corrected chi connectivity index (χ0v) is 13.9. The van der Waals surface area contributed by atoms with Crippen molar-refractivity contribution in [1.82, 2.24) is 0 Å². The number of benzene rings is 1. The molecule has 4 heteroatoms. The standard InChI is InChI=1S/C18H27NO3/c1-14-12-19(13-15(2)22-14)9-4-5-10-21-18-8-6-7-17(11-18)16(3)20/h6-8,11,14-15H,4-5,9-10,12-13H2,1-3H3/p+1/t14-,15-/m1/s1. The fourth-order valence-corrected chi connectivity index (χ4v) is 3.07. The number of unbranched alkanes of at least 4 members (excludes halogenated alkanes) is 1. The van der Waals surface area contributed by atoms with Crippen molar-refractivity contribution >= 4 is 5.78 Å². The van der Waals surface area contributed by atoms with Gasteiger partial charge in [0.2, 0.25) is 0 Å². The summed E-state index contributed by atoms with van der Waals surface area (Å²) < 4.78 is 11.5. The highest BCUT2D eigenvalue weighted by atomic mass is 16.5. The van der Waals surface area contributed by atoms with Gasteiger partial charge in [-0.15, -0.1) is 0 Å². The Bertz CT molecular complexity index is 479. The van der Waals surface area contributed by atoms with Crippen molar-refractivity contribution in [2.45, 2.75) is 45.8 Å². The lowest BCUT2D eigenvalue weighted by Gasteiger charge is -2.32. The van der Waals surface area contributed by atoms with Crippen LogP contribution in [-0.2, 0) is 4.74 Å². The van der Waals surface area contributed by atoms with Gasteiger partial charge in [0.15, 0.2) is 5.78 Å². The summed E-state index contributed by atoms with van der Waals surface area (Å²) in [6, 6.07) is 7.41. The van der Waals surface area contributed by atoms with Gasteiger partial charge in [-0.2, -0.15) is 0 Å². The first kappa shape index (κ1) is 17.0. The maximum atomic E-state index is 11.3. The number of ketones is 1. The smallest absolute Gasteiger partial charge is 0.159 e. The highest BCUT2D eigenvalue weighted by Gasteiger charge is 2.24. The van der Waals surface area contributed by atoms with Gasteiger partial charge in [-0.3, -0.25) is 4.79 Å². The Morgan fingerprint density at radius 3 is 2.68 bits per heavy atom. The summed E-state index contributed by atoms with van der Waals surface area (Å²) in [7, 11) is 0. The minimum absolute atomic E-state index is 0.0737. The molecular formula is C18H28NO3+. The SMILES string of the molecule is CC(=O)c1cccc(OCCCC[NH+]2C[C@@H](C)O[C@H](C)C2)c1. The normalized spacial score (nSPS) is 25.0. The number of nitrogens with one attached hydrogen (secondary N) is 1. The zero-order valence-electron chi connectivity index (χ0n) is 13.9. The Labute approximate surface area is 133 Å². The topological polar surface area (TPSA) is 40.0 Å². The van der Waals surface area contributed by atoms with Crippen LogP contribution in [-0.4, -0.2) is 44.2 Å². The molecular weight excluding hydrogens is 278 g/mol. The summed E-state index contributed by atoms with van der Waals surface area (Å²) in [5, 5.41) is 0. The largest absolute Gasteiger partial charge is 0.494 e. The summed E-state index contributed by atoms with van der Waals surface area (Å²) >= 11 is 0. The third-order valence-corrected chi connectivity index (χ3v) is 4.05. The number of quaternary nitrogens is 1. The average molecular weight is 306 g/mol. The highest BCUT2D eigenvalue weighted by molar-refractivity contribution is 5.94. The first-order chi connectivity index (χ1) is 10.5. The van der Waals surface area contributed by atoms with E-state index >= 15 is 0 Å². The van der Waals surface area contributed by atoms with E-state index in [-0.39, 0.29) is 5.78 Å². The fraction of sp³-hybridized carbons (Fsp3) is 0.611. The van der Waals surface area contributed by atoms with E-state index in [2.05, 4.69) is 13.8 Å². The van der Waals surface area contributed by atoms with Gasteiger partial charge in [0.25, 0.3) is 0 Å². The van der Waals surface area contributed by atoms with E-state index in [4.69, 9.17) is 9.47 Å². The van der Waals surface area contributed by atoms with E-state index in [0.717, 1.165) is 31.7 Å². The van der Waals surface area contributed by atoms with Crippen molar-refractivity contribution < 1.29 is 19.2 Å². The Kier molecular flexibility index (Phi) is 6.40. The van der Waals surface area contributed by atoms with Crippen LogP contribution >= 0.6 is 0 Å². The van der Waals surface area contributed by atoms with Crippen LogP contribution in [0.1, 0.15) is 44.0 Å². The predicted molar refractivity (Wildman–Crippen MR) is 86.7 cm³/mol. The van der Waals surface area contributed by atoms with Crippen molar-refractivity contribution in [3.05, 3.63) is 29.8 Å². The number of Topliss-reactive ketones (excluding diaryl/α,β-unsaturated/α-hetero) is 1. The minimum Gasteiger partial charge on any atom is -0.494 e. The van der Waals surface area contributed by atoms with Gasteiger partial charge in [0.05, 0.1) is 13.2 Å². The van der Waals surface area contributed by atoms with Crippen LogP contribution in [0.2, 0.25) is 0 Å². The molecule has 0 bridgehead atoms. The Morgan fingerprint density at radius 1 is 1.27 bits per heavy atom. The molecule has 0 aromatic heterocycles. The molecule has 1 fully saturated rings. The molecule has 1 aromatic carbocycles. The maximum Gasteiger partial charge on any atom is 0.159 e. The zero-order chi connectivity index (χ0) is 15.9. The van der Waals surface area contributed by atoms with Crippen LogP contribution in [0.25, 0.3) is 0 Å². The third kappa shape index (κ3) is 5.43. The molecule has 1 aliphatic rings. The summed E-state index contributed by atoms with van der Waals surface area (Å²) in [5.41, 5.74) is 0.707. The molecule has 0 unspecified atom stereocenters. The second-order valence-corrected chi connectivity index (χ2v) is 6.31. The fourth-order valence-electron chi connectivity index (χ4n) is 3.07. The molecule has 0 spiro atoms. The van der Waals surface area contributed by atoms with Crippen LogP contribution in [0, 0.1) is 0 Å². The highest BCUT2D eigenvalue weighted by Crippen LogP contribution is 2.14. The number of morpholine rings is 1. The quantitative estimate of drug-likeness (QED) is 0.616.